The number of H-pyrrole nitrogens is 1. The van der Waals surface area contributed by atoms with Crippen molar-refractivity contribution in [3.63, 3.8) is 0 Å². The van der Waals surface area contributed by atoms with Crippen LogP contribution in [0.5, 0.6) is 0 Å². The maximum atomic E-state index is 14.4. The van der Waals surface area contributed by atoms with Crippen LogP contribution >= 0.6 is 8.44 Å². The first kappa shape index (κ1) is 26.1. The van der Waals surface area contributed by atoms with Gasteiger partial charge in [-0.15, -0.1) is 0 Å². The van der Waals surface area contributed by atoms with Crippen molar-refractivity contribution in [3.8, 4) is 0 Å². The van der Waals surface area contributed by atoms with Gasteiger partial charge in [0.1, 0.15) is 17.5 Å². The summed E-state index contributed by atoms with van der Waals surface area (Å²) in [6.07, 6.45) is 3.04. The van der Waals surface area contributed by atoms with E-state index in [0.29, 0.717) is 63.0 Å². The zero-order valence-corrected chi connectivity index (χ0v) is 22.7. The number of ether oxygens (including phenoxy) is 1. The number of hydrogen-bond donors (Lipinski definition) is 3. The van der Waals surface area contributed by atoms with E-state index in [2.05, 4.69) is 18.3 Å². The van der Waals surface area contributed by atoms with Crippen molar-refractivity contribution in [2.24, 2.45) is 0 Å². The van der Waals surface area contributed by atoms with Gasteiger partial charge in [0, 0.05) is 56.3 Å². The fraction of sp³-hybridized carbons (Fsp3) is 0.520. The normalized spacial score (nSPS) is 20.1. The van der Waals surface area contributed by atoms with Crippen LogP contribution in [0.1, 0.15) is 42.2 Å². The molecule has 7 nitrogen and oxygen atoms in total. The minimum absolute atomic E-state index is 0.173. The molecule has 192 valence electrons. The molecule has 2 N–H and O–H groups in total. The zero-order chi connectivity index (χ0) is 25.0. The Hall–Kier alpha value is -1.93. The minimum Gasteiger partial charge on any atom is -0.378 e. The molecule has 0 bridgehead atoms. The Kier molecular flexibility index (Phi) is 8.53. The molecule has 0 saturated carbocycles. The summed E-state index contributed by atoms with van der Waals surface area (Å²) in [4.78, 5) is 12.7. The highest BCUT2D eigenvalue weighted by Gasteiger charge is 2.23. The van der Waals surface area contributed by atoms with Crippen molar-refractivity contribution >= 4 is 29.4 Å². The van der Waals surface area contributed by atoms with Crippen molar-refractivity contribution < 1.29 is 13.3 Å². The van der Waals surface area contributed by atoms with E-state index < -0.39 is 9.55 Å². The molecular formula is C25H37FN5O2PS. The lowest BCUT2D eigenvalue weighted by Crippen LogP contribution is -2.40. The first-order chi connectivity index (χ1) is 16.8. The summed E-state index contributed by atoms with van der Waals surface area (Å²) in [5.41, 5.74) is 4.47. The second kappa shape index (κ2) is 11.4. The van der Waals surface area contributed by atoms with Crippen molar-refractivity contribution in [2.75, 3.05) is 50.9 Å². The first-order valence-corrected chi connectivity index (χ1v) is 16.0. The molecule has 0 radical (unpaired) electrons. The van der Waals surface area contributed by atoms with Gasteiger partial charge in [0.25, 0.3) is 0 Å². The number of halogens is 1. The Bertz CT molecular complexity index is 1130. The van der Waals surface area contributed by atoms with Crippen LogP contribution in [0.4, 0.5) is 4.39 Å². The quantitative estimate of drug-likeness (QED) is 0.226. The van der Waals surface area contributed by atoms with E-state index in [1.807, 2.05) is 30.9 Å². The molecule has 0 amide bonds. The van der Waals surface area contributed by atoms with E-state index in [4.69, 9.17) is 15.1 Å². The lowest BCUT2D eigenvalue weighted by molar-refractivity contribution is 0.0681. The number of hydrogen-bond acceptors (Lipinski definition) is 5. The zero-order valence-electron chi connectivity index (χ0n) is 20.6. The number of aromatic amines is 1. The van der Waals surface area contributed by atoms with Gasteiger partial charge in [0.2, 0.25) is 0 Å². The highest BCUT2D eigenvalue weighted by Crippen LogP contribution is 2.25. The van der Waals surface area contributed by atoms with Gasteiger partial charge < -0.3 is 14.6 Å². The third kappa shape index (κ3) is 6.64. The lowest BCUT2D eigenvalue weighted by atomic mass is 9.99. The average Bonchev–Trinajstić information content (AvgIpc) is 3.23. The number of morpholine rings is 1. The second-order valence-corrected chi connectivity index (χ2v) is 15.0. The Morgan fingerprint density at radius 2 is 2.00 bits per heavy atom. The van der Waals surface area contributed by atoms with Crippen LogP contribution in [0, 0.1) is 11.2 Å². The number of rotatable bonds is 7. The van der Waals surface area contributed by atoms with Crippen LogP contribution < -0.4 is 0 Å². The molecule has 1 aromatic carbocycles. The van der Waals surface area contributed by atoms with E-state index in [0.717, 1.165) is 47.0 Å². The Balaban J connectivity index is 1.60. The summed E-state index contributed by atoms with van der Waals surface area (Å²) >= 11 is 0. The number of nitrogens with one attached hydrogen (secondary N) is 2. The van der Waals surface area contributed by atoms with Gasteiger partial charge in [0.05, 0.1) is 18.9 Å². The van der Waals surface area contributed by atoms with E-state index in [1.165, 1.54) is 6.07 Å². The third-order valence-corrected chi connectivity index (χ3v) is 10.3. The van der Waals surface area contributed by atoms with E-state index >= 15 is 0 Å². The molecule has 2 fully saturated rings. The summed E-state index contributed by atoms with van der Waals surface area (Å²) in [5.74, 6) is 2.41. The molecule has 4 rings (SSSR count). The maximum Gasteiger partial charge on any atom is 0.133 e. The second-order valence-electron chi connectivity index (χ2n) is 9.41. The van der Waals surface area contributed by atoms with E-state index in [1.54, 1.807) is 6.07 Å². The van der Waals surface area contributed by atoms with Gasteiger partial charge in [-0.3, -0.25) is 14.5 Å². The van der Waals surface area contributed by atoms with Crippen LogP contribution in [0.25, 0.3) is 5.57 Å². The molecule has 2 saturated heterocycles. The predicted octanol–water partition coefficient (Wildman–Crippen LogP) is 3.04. The van der Waals surface area contributed by atoms with Gasteiger partial charge in [-0.25, -0.2) is 9.37 Å². The van der Waals surface area contributed by atoms with Crippen LogP contribution in [0.2, 0.25) is 0 Å². The summed E-state index contributed by atoms with van der Waals surface area (Å²) in [6.45, 7) is 8.84. The highest BCUT2D eigenvalue weighted by atomic mass is 32.8. The number of benzene rings is 1. The van der Waals surface area contributed by atoms with Gasteiger partial charge >= 0.3 is 0 Å². The van der Waals surface area contributed by atoms with E-state index in [9.17, 15) is 8.60 Å². The molecule has 2 aliphatic heterocycles. The van der Waals surface area contributed by atoms with E-state index in [-0.39, 0.29) is 5.82 Å². The Morgan fingerprint density at radius 3 is 2.69 bits per heavy atom. The predicted molar refractivity (Wildman–Crippen MR) is 145 cm³/mol. The smallest absolute Gasteiger partial charge is 0.133 e. The molecular weight excluding hydrogens is 484 g/mol. The molecule has 1 unspecified atom stereocenters. The largest absolute Gasteiger partial charge is 0.378 e. The summed E-state index contributed by atoms with van der Waals surface area (Å²) in [6, 6.07) is 5.26. The van der Waals surface area contributed by atoms with Gasteiger partial charge in [-0.2, -0.15) is 0 Å². The molecule has 35 heavy (non-hydrogen) atoms. The average molecular weight is 522 g/mol. The fourth-order valence-corrected chi connectivity index (χ4v) is 6.81. The van der Waals surface area contributed by atoms with Gasteiger partial charge in [-0.1, -0.05) is 37.1 Å². The number of allylic oxidation sites excluding steroid dienone is 1. The molecule has 2 aromatic rings. The Labute approximate surface area is 210 Å². The van der Waals surface area contributed by atoms with Crippen molar-refractivity contribution in [3.05, 3.63) is 58.4 Å². The first-order valence-electron chi connectivity index (χ1n) is 12.3. The summed E-state index contributed by atoms with van der Waals surface area (Å²) < 4.78 is 32.3. The molecule has 1 aromatic heterocycles. The van der Waals surface area contributed by atoms with Crippen LogP contribution in [-0.2, 0) is 33.7 Å². The van der Waals surface area contributed by atoms with Crippen molar-refractivity contribution in [2.45, 2.75) is 33.2 Å². The number of amidine groups is 1. The van der Waals surface area contributed by atoms with Crippen molar-refractivity contribution in [1.82, 2.24) is 19.8 Å². The Morgan fingerprint density at radius 1 is 1.29 bits per heavy atom. The van der Waals surface area contributed by atoms with Crippen LogP contribution in [0.3, 0.4) is 0 Å². The molecule has 0 spiro atoms. The SMILES string of the molecule is CCc1c(F)cccc1Cc1[nH]c(/C(C)=C\C(=N)N2CCOCC2)nc1CN1CC[SH](=O)(P)CC1. The highest BCUT2D eigenvalue weighted by molar-refractivity contribution is 8.45. The maximum absolute atomic E-state index is 14.4. The van der Waals surface area contributed by atoms with Crippen LogP contribution in [-0.4, -0.2) is 80.7 Å². The van der Waals surface area contributed by atoms with Crippen LogP contribution in [0.15, 0.2) is 24.3 Å². The topological polar surface area (TPSA) is 85.3 Å². The number of imidazole rings is 1. The van der Waals surface area contributed by atoms with Crippen molar-refractivity contribution in [1.29, 1.82) is 5.41 Å². The number of nitrogens with zero attached hydrogens (tertiary/aromatic N) is 3. The molecule has 1 atom stereocenters. The molecule has 0 aliphatic carbocycles. The minimum atomic E-state index is -2.09. The standard InChI is InChI=1S/C25H37FN5O2PS/c1-3-20-19(5-4-6-21(20)26)16-22-23(17-30-9-13-35(32,34)14-10-30)29-25(28-22)18(2)15-24(27)31-7-11-33-12-8-31/h4-6,15,27,35H,3,7-14,16-17,34H2,1-2H3,(H,28,29)/b18-15-,27-24?. The lowest BCUT2D eigenvalue weighted by Gasteiger charge is -2.32. The summed E-state index contributed by atoms with van der Waals surface area (Å²) in [7, 11) is 0.472. The third-order valence-electron chi connectivity index (χ3n) is 6.84. The molecule has 3 heterocycles. The summed E-state index contributed by atoms with van der Waals surface area (Å²) in [5, 5.41) is 8.50. The van der Waals surface area contributed by atoms with Gasteiger partial charge in [-0.05, 0) is 42.2 Å². The molecule has 2 aliphatic rings. The molecule has 10 heteroatoms. The fourth-order valence-electron chi connectivity index (χ4n) is 4.65. The monoisotopic (exact) mass is 521 g/mol. The van der Waals surface area contributed by atoms with Gasteiger partial charge in [0.15, 0.2) is 0 Å². The number of aromatic nitrogens is 2. The number of thiol groups is 1.